The second-order valence-corrected chi connectivity index (χ2v) is 5.24. The van der Waals surface area contributed by atoms with Gasteiger partial charge in [0.15, 0.2) is 5.96 Å². The van der Waals surface area contributed by atoms with E-state index < -0.39 is 0 Å². The molecule has 2 heterocycles. The van der Waals surface area contributed by atoms with E-state index >= 15 is 0 Å². The highest BCUT2D eigenvalue weighted by atomic mass is 127. The van der Waals surface area contributed by atoms with Crippen LogP contribution in [0.4, 0.5) is 0 Å². The van der Waals surface area contributed by atoms with Gasteiger partial charge >= 0.3 is 0 Å². The molecule has 1 saturated heterocycles. The van der Waals surface area contributed by atoms with Crippen LogP contribution in [0, 0.1) is 6.92 Å². The average molecular weight is 399 g/mol. The summed E-state index contributed by atoms with van der Waals surface area (Å²) in [4.78, 5) is 6.66. The molecule has 1 aromatic carbocycles. The summed E-state index contributed by atoms with van der Waals surface area (Å²) in [6.07, 6.45) is 2.51. The number of para-hydroxylation sites is 1. The van der Waals surface area contributed by atoms with Crippen LogP contribution in [0.1, 0.15) is 24.2 Å². The number of furan rings is 1. The van der Waals surface area contributed by atoms with Crippen LogP contribution in [0.5, 0.6) is 0 Å². The Morgan fingerprint density at radius 2 is 2.00 bits per heavy atom. The Morgan fingerprint density at radius 1 is 1.29 bits per heavy atom. The van der Waals surface area contributed by atoms with Crippen LogP contribution in [-0.4, -0.2) is 31.0 Å². The third kappa shape index (κ3) is 3.33. The molecular formula is C16H22IN3O. The van der Waals surface area contributed by atoms with Crippen molar-refractivity contribution in [3.05, 3.63) is 35.6 Å². The summed E-state index contributed by atoms with van der Waals surface area (Å²) < 4.78 is 5.92. The Balaban J connectivity index is 0.00000161. The predicted molar refractivity (Wildman–Crippen MR) is 97.4 cm³/mol. The summed E-state index contributed by atoms with van der Waals surface area (Å²) in [6, 6.07) is 8.17. The number of fused-ring (bicyclic) bond motifs is 1. The number of benzene rings is 1. The van der Waals surface area contributed by atoms with E-state index in [0.29, 0.717) is 6.54 Å². The number of guanidine groups is 1. The van der Waals surface area contributed by atoms with Crippen molar-refractivity contribution in [2.75, 3.05) is 20.1 Å². The molecule has 1 aliphatic heterocycles. The molecule has 21 heavy (non-hydrogen) atoms. The van der Waals surface area contributed by atoms with Crippen molar-refractivity contribution in [1.82, 2.24) is 10.2 Å². The van der Waals surface area contributed by atoms with Gasteiger partial charge < -0.3 is 14.6 Å². The highest BCUT2D eigenvalue weighted by Gasteiger charge is 2.16. The van der Waals surface area contributed by atoms with Gasteiger partial charge in [-0.1, -0.05) is 18.2 Å². The number of aryl methyl sites for hydroxylation is 1. The van der Waals surface area contributed by atoms with Crippen LogP contribution < -0.4 is 5.32 Å². The normalized spacial score (nSPS) is 15.3. The van der Waals surface area contributed by atoms with Crippen LogP contribution in [0.2, 0.25) is 0 Å². The number of hydrogen-bond donors (Lipinski definition) is 1. The lowest BCUT2D eigenvalue weighted by Gasteiger charge is -2.20. The number of hydrogen-bond acceptors (Lipinski definition) is 2. The second kappa shape index (κ2) is 7.15. The summed E-state index contributed by atoms with van der Waals surface area (Å²) in [5.41, 5.74) is 2.17. The molecule has 114 valence electrons. The zero-order valence-electron chi connectivity index (χ0n) is 12.6. The minimum Gasteiger partial charge on any atom is -0.459 e. The van der Waals surface area contributed by atoms with Crippen molar-refractivity contribution in [3.63, 3.8) is 0 Å². The topological polar surface area (TPSA) is 40.8 Å². The second-order valence-electron chi connectivity index (χ2n) is 5.24. The van der Waals surface area contributed by atoms with Gasteiger partial charge in [0, 0.05) is 31.1 Å². The van der Waals surface area contributed by atoms with Gasteiger partial charge in [-0.05, 0) is 25.8 Å². The fourth-order valence-corrected chi connectivity index (χ4v) is 2.81. The molecule has 1 N–H and O–H groups in total. The first-order valence-electron chi connectivity index (χ1n) is 7.22. The Morgan fingerprint density at radius 3 is 2.67 bits per heavy atom. The first kappa shape index (κ1) is 16.1. The summed E-state index contributed by atoms with van der Waals surface area (Å²) in [6.45, 7) is 4.99. The quantitative estimate of drug-likeness (QED) is 0.477. The minimum atomic E-state index is 0. The molecule has 0 bridgehead atoms. The van der Waals surface area contributed by atoms with Crippen LogP contribution in [-0.2, 0) is 6.54 Å². The Hall–Kier alpha value is -1.24. The Labute approximate surface area is 142 Å². The van der Waals surface area contributed by atoms with Crippen LogP contribution in [0.15, 0.2) is 33.7 Å². The first-order chi connectivity index (χ1) is 9.79. The number of halogens is 1. The summed E-state index contributed by atoms with van der Waals surface area (Å²) in [7, 11) is 1.84. The number of rotatable bonds is 2. The largest absolute Gasteiger partial charge is 0.459 e. The monoisotopic (exact) mass is 399 g/mol. The average Bonchev–Trinajstić information content (AvgIpc) is 3.10. The van der Waals surface area contributed by atoms with E-state index in [1.165, 1.54) is 23.8 Å². The number of nitrogens with one attached hydrogen (secondary N) is 1. The molecular weight excluding hydrogens is 377 g/mol. The van der Waals surface area contributed by atoms with Gasteiger partial charge in [0.25, 0.3) is 0 Å². The van der Waals surface area contributed by atoms with E-state index in [4.69, 9.17) is 4.42 Å². The maximum Gasteiger partial charge on any atom is 0.194 e. The third-order valence-corrected chi connectivity index (χ3v) is 3.97. The molecule has 4 nitrogen and oxygen atoms in total. The van der Waals surface area contributed by atoms with Gasteiger partial charge in [-0.25, -0.2) is 0 Å². The smallest absolute Gasteiger partial charge is 0.194 e. The standard InChI is InChI=1S/C16H21N3O.HI/c1-12-13-7-3-4-8-14(13)20-15(12)11-18-16(17-2)19-9-5-6-10-19;/h3-4,7-8H,5-6,9-11H2,1-2H3,(H,17,18);1H. The molecule has 0 aliphatic carbocycles. The molecule has 0 saturated carbocycles. The maximum atomic E-state index is 5.92. The molecule has 5 heteroatoms. The first-order valence-corrected chi connectivity index (χ1v) is 7.22. The van der Waals surface area contributed by atoms with E-state index in [-0.39, 0.29) is 24.0 Å². The lowest BCUT2D eigenvalue weighted by atomic mass is 10.1. The molecule has 1 fully saturated rings. The van der Waals surface area contributed by atoms with E-state index in [9.17, 15) is 0 Å². The zero-order chi connectivity index (χ0) is 13.9. The molecule has 1 aromatic heterocycles. The van der Waals surface area contributed by atoms with Gasteiger partial charge in [0.05, 0.1) is 6.54 Å². The Kier molecular flexibility index (Phi) is 5.50. The van der Waals surface area contributed by atoms with E-state index in [1.54, 1.807) is 0 Å². The van der Waals surface area contributed by atoms with Crippen molar-refractivity contribution >= 4 is 40.9 Å². The van der Waals surface area contributed by atoms with Gasteiger partial charge in [-0.15, -0.1) is 24.0 Å². The highest BCUT2D eigenvalue weighted by molar-refractivity contribution is 14.0. The lowest BCUT2D eigenvalue weighted by Crippen LogP contribution is -2.39. The highest BCUT2D eigenvalue weighted by Crippen LogP contribution is 2.24. The molecule has 0 amide bonds. The summed E-state index contributed by atoms with van der Waals surface area (Å²) >= 11 is 0. The predicted octanol–water partition coefficient (Wildman–Crippen LogP) is 3.53. The SMILES string of the molecule is CN=C(NCc1oc2ccccc2c1C)N1CCCC1.I. The van der Waals surface area contributed by atoms with Crippen molar-refractivity contribution in [3.8, 4) is 0 Å². The van der Waals surface area contributed by atoms with Crippen LogP contribution >= 0.6 is 24.0 Å². The fraction of sp³-hybridized carbons (Fsp3) is 0.438. The number of nitrogens with zero attached hydrogens (tertiary/aromatic N) is 2. The number of aliphatic imine (C=N–C) groups is 1. The maximum absolute atomic E-state index is 5.92. The summed E-state index contributed by atoms with van der Waals surface area (Å²) in [5.74, 6) is 1.97. The molecule has 0 atom stereocenters. The summed E-state index contributed by atoms with van der Waals surface area (Å²) in [5, 5.41) is 4.61. The molecule has 1 aliphatic rings. The molecule has 3 rings (SSSR count). The third-order valence-electron chi connectivity index (χ3n) is 3.97. The van der Waals surface area contributed by atoms with Crippen LogP contribution in [0.25, 0.3) is 11.0 Å². The van der Waals surface area contributed by atoms with Gasteiger partial charge in [0.2, 0.25) is 0 Å². The van der Waals surface area contributed by atoms with Crippen molar-refractivity contribution in [2.24, 2.45) is 4.99 Å². The lowest BCUT2D eigenvalue weighted by molar-refractivity contribution is 0.478. The van der Waals surface area contributed by atoms with Crippen molar-refractivity contribution in [1.29, 1.82) is 0 Å². The van der Waals surface area contributed by atoms with E-state index in [1.807, 2.05) is 25.2 Å². The van der Waals surface area contributed by atoms with Gasteiger partial charge in [0.1, 0.15) is 11.3 Å². The van der Waals surface area contributed by atoms with E-state index in [2.05, 4.69) is 28.2 Å². The van der Waals surface area contributed by atoms with E-state index in [0.717, 1.165) is 30.4 Å². The molecule has 0 radical (unpaired) electrons. The van der Waals surface area contributed by atoms with Gasteiger partial charge in [-0.2, -0.15) is 0 Å². The molecule has 0 unspecified atom stereocenters. The van der Waals surface area contributed by atoms with Crippen LogP contribution in [0.3, 0.4) is 0 Å². The van der Waals surface area contributed by atoms with Crippen molar-refractivity contribution < 1.29 is 4.42 Å². The van der Waals surface area contributed by atoms with Gasteiger partial charge in [-0.3, -0.25) is 4.99 Å². The minimum absolute atomic E-state index is 0. The number of likely N-dealkylation sites (tertiary alicyclic amines) is 1. The molecule has 0 spiro atoms. The van der Waals surface area contributed by atoms with Crippen molar-refractivity contribution in [2.45, 2.75) is 26.3 Å². The molecule has 2 aromatic rings. The fourth-order valence-electron chi connectivity index (χ4n) is 2.81. The Bertz CT molecular complexity index is 629. The zero-order valence-corrected chi connectivity index (χ0v) is 14.9.